The minimum atomic E-state index is -3.62. The summed E-state index contributed by atoms with van der Waals surface area (Å²) in [5.74, 6) is 0.433. The quantitative estimate of drug-likeness (QED) is 0.834. The molecule has 2 rings (SSSR count). The number of hydrogen-bond acceptors (Lipinski definition) is 6. The van der Waals surface area contributed by atoms with Crippen LogP contribution in [-0.2, 0) is 23.1 Å². The Kier molecular flexibility index (Phi) is 3.57. The van der Waals surface area contributed by atoms with Crippen molar-refractivity contribution in [1.82, 2.24) is 9.71 Å². The molecular formula is C9H11N3O3S2. The minimum absolute atomic E-state index is 0.123. The Morgan fingerprint density at radius 2 is 2.29 bits per heavy atom. The molecule has 17 heavy (non-hydrogen) atoms. The average molecular weight is 273 g/mol. The Bertz CT molecular complexity index is 574. The van der Waals surface area contributed by atoms with E-state index in [0.29, 0.717) is 5.76 Å². The van der Waals surface area contributed by atoms with Crippen LogP contribution in [0.5, 0.6) is 0 Å². The number of thiazole rings is 1. The van der Waals surface area contributed by atoms with Gasteiger partial charge in [-0.2, -0.15) is 0 Å². The molecule has 0 unspecified atom stereocenters. The first-order chi connectivity index (χ1) is 8.12. The maximum absolute atomic E-state index is 11.8. The first kappa shape index (κ1) is 12.2. The van der Waals surface area contributed by atoms with Gasteiger partial charge >= 0.3 is 0 Å². The molecule has 8 heteroatoms. The van der Waals surface area contributed by atoms with E-state index in [2.05, 4.69) is 9.71 Å². The summed E-state index contributed by atoms with van der Waals surface area (Å²) < 4.78 is 31.1. The molecule has 0 saturated heterocycles. The number of nitrogens with two attached hydrogens (primary N) is 1. The second-order valence-corrected chi connectivity index (χ2v) is 5.89. The zero-order chi connectivity index (χ0) is 12.3. The first-order valence-corrected chi connectivity index (χ1v) is 7.14. The van der Waals surface area contributed by atoms with Crippen LogP contribution in [0.3, 0.4) is 0 Å². The fraction of sp³-hybridized carbons (Fsp3) is 0.222. The van der Waals surface area contributed by atoms with Crippen LogP contribution in [-0.4, -0.2) is 13.4 Å². The lowest BCUT2D eigenvalue weighted by molar-refractivity contribution is 0.413. The highest BCUT2D eigenvalue weighted by atomic mass is 32.2. The lowest BCUT2D eigenvalue weighted by atomic mass is 10.5. The van der Waals surface area contributed by atoms with E-state index in [1.807, 2.05) is 0 Å². The molecule has 0 saturated carbocycles. The summed E-state index contributed by atoms with van der Waals surface area (Å²) in [6.45, 7) is 0.371. The molecule has 0 amide bonds. The normalized spacial score (nSPS) is 11.8. The van der Waals surface area contributed by atoms with Crippen LogP contribution in [0.4, 0.5) is 0 Å². The van der Waals surface area contributed by atoms with E-state index in [-0.39, 0.29) is 18.2 Å². The summed E-state index contributed by atoms with van der Waals surface area (Å²) in [7, 11) is -3.62. The largest absolute Gasteiger partial charge is 0.447 e. The molecule has 0 radical (unpaired) electrons. The number of nitrogens with one attached hydrogen (secondary N) is 1. The van der Waals surface area contributed by atoms with E-state index in [1.165, 1.54) is 17.4 Å². The van der Waals surface area contributed by atoms with Crippen molar-refractivity contribution in [3.8, 4) is 0 Å². The molecule has 2 heterocycles. The second kappa shape index (κ2) is 4.96. The molecule has 92 valence electrons. The van der Waals surface area contributed by atoms with Gasteiger partial charge in [0.1, 0.15) is 5.76 Å². The molecule has 0 aromatic carbocycles. The Hall–Kier alpha value is -1.22. The van der Waals surface area contributed by atoms with E-state index in [4.69, 9.17) is 10.2 Å². The third-order valence-electron chi connectivity index (χ3n) is 2.02. The number of sulfonamides is 1. The topological polar surface area (TPSA) is 98.2 Å². The van der Waals surface area contributed by atoms with Gasteiger partial charge in [0.05, 0.1) is 12.1 Å². The molecule has 0 aliphatic carbocycles. The third-order valence-corrected chi connectivity index (χ3v) is 4.08. The molecule has 0 fully saturated rings. The molecule has 0 spiro atoms. The monoisotopic (exact) mass is 273 g/mol. The van der Waals surface area contributed by atoms with Crippen molar-refractivity contribution in [2.75, 3.05) is 0 Å². The summed E-state index contributed by atoms with van der Waals surface area (Å²) in [6, 6.07) is 2.93. The Labute approximate surface area is 103 Å². The van der Waals surface area contributed by atoms with E-state index in [0.717, 1.165) is 4.88 Å². The lowest BCUT2D eigenvalue weighted by Crippen LogP contribution is -2.22. The van der Waals surface area contributed by atoms with E-state index in [9.17, 15) is 8.42 Å². The molecule has 0 bridgehead atoms. The van der Waals surface area contributed by atoms with Gasteiger partial charge < -0.3 is 10.2 Å². The van der Waals surface area contributed by atoms with Gasteiger partial charge in [-0.3, -0.25) is 4.98 Å². The maximum Gasteiger partial charge on any atom is 0.274 e. The van der Waals surface area contributed by atoms with Crippen LogP contribution in [0.2, 0.25) is 0 Å². The van der Waals surface area contributed by atoms with Crippen molar-refractivity contribution >= 4 is 21.4 Å². The van der Waals surface area contributed by atoms with Crippen molar-refractivity contribution in [3.63, 3.8) is 0 Å². The SMILES string of the molecule is NCc1ccc(S(=O)(=O)NCc2cncs2)o1. The average Bonchev–Trinajstić information content (AvgIpc) is 2.98. The molecule has 6 nitrogen and oxygen atoms in total. The zero-order valence-electron chi connectivity index (χ0n) is 8.79. The number of hydrogen-bond donors (Lipinski definition) is 2. The summed E-state index contributed by atoms with van der Waals surface area (Å²) in [5, 5.41) is -0.123. The van der Waals surface area contributed by atoms with E-state index >= 15 is 0 Å². The maximum atomic E-state index is 11.8. The van der Waals surface area contributed by atoms with Crippen molar-refractivity contribution in [1.29, 1.82) is 0 Å². The van der Waals surface area contributed by atoms with Gasteiger partial charge in [0.15, 0.2) is 0 Å². The van der Waals surface area contributed by atoms with Gasteiger partial charge in [0.25, 0.3) is 10.0 Å². The Morgan fingerprint density at radius 1 is 1.47 bits per heavy atom. The van der Waals surface area contributed by atoms with E-state index in [1.54, 1.807) is 17.8 Å². The van der Waals surface area contributed by atoms with Crippen molar-refractivity contribution < 1.29 is 12.8 Å². The molecule has 3 N–H and O–H groups in total. The minimum Gasteiger partial charge on any atom is -0.447 e. The van der Waals surface area contributed by atoms with Crippen LogP contribution >= 0.6 is 11.3 Å². The molecule has 0 aliphatic heterocycles. The number of furan rings is 1. The van der Waals surface area contributed by atoms with Crippen LogP contribution < -0.4 is 10.5 Å². The fourth-order valence-corrected chi connectivity index (χ4v) is 2.76. The molecule has 2 aromatic heterocycles. The van der Waals surface area contributed by atoms with Gasteiger partial charge in [0.2, 0.25) is 5.09 Å². The predicted molar refractivity (Wildman–Crippen MR) is 62.7 cm³/mol. The van der Waals surface area contributed by atoms with Crippen molar-refractivity contribution in [2.45, 2.75) is 18.2 Å². The van der Waals surface area contributed by atoms with Gasteiger partial charge in [-0.05, 0) is 12.1 Å². The Balaban J connectivity index is 2.08. The summed E-state index contributed by atoms with van der Waals surface area (Å²) in [6.07, 6.45) is 1.61. The van der Waals surface area contributed by atoms with Crippen molar-refractivity contribution in [2.24, 2.45) is 5.73 Å². The highest BCUT2D eigenvalue weighted by Gasteiger charge is 2.18. The second-order valence-electron chi connectivity index (χ2n) is 3.22. The van der Waals surface area contributed by atoms with E-state index < -0.39 is 10.0 Å². The molecule has 0 atom stereocenters. The van der Waals surface area contributed by atoms with Crippen LogP contribution in [0.1, 0.15) is 10.6 Å². The molecule has 0 aliphatic rings. The number of aromatic nitrogens is 1. The summed E-state index contributed by atoms with van der Waals surface area (Å²) in [5.41, 5.74) is 6.98. The van der Waals surface area contributed by atoms with Crippen LogP contribution in [0.15, 0.2) is 33.3 Å². The highest BCUT2D eigenvalue weighted by molar-refractivity contribution is 7.89. The lowest BCUT2D eigenvalue weighted by Gasteiger charge is -2.01. The Morgan fingerprint density at radius 3 is 2.88 bits per heavy atom. The zero-order valence-corrected chi connectivity index (χ0v) is 10.4. The molecular weight excluding hydrogens is 262 g/mol. The smallest absolute Gasteiger partial charge is 0.274 e. The van der Waals surface area contributed by atoms with Gasteiger partial charge in [-0.1, -0.05) is 0 Å². The standard InChI is InChI=1S/C9H11N3O3S2/c10-3-7-1-2-9(15-7)17(13,14)12-5-8-4-11-6-16-8/h1-2,4,6,12H,3,5,10H2. The summed E-state index contributed by atoms with van der Waals surface area (Å²) in [4.78, 5) is 4.69. The van der Waals surface area contributed by atoms with Crippen LogP contribution in [0, 0.1) is 0 Å². The highest BCUT2D eigenvalue weighted by Crippen LogP contribution is 2.14. The van der Waals surface area contributed by atoms with Gasteiger partial charge in [-0.25, -0.2) is 13.1 Å². The van der Waals surface area contributed by atoms with Crippen LogP contribution in [0.25, 0.3) is 0 Å². The number of rotatable bonds is 5. The first-order valence-electron chi connectivity index (χ1n) is 4.77. The third kappa shape index (κ3) is 2.91. The predicted octanol–water partition coefficient (Wildman–Crippen LogP) is 0.673. The van der Waals surface area contributed by atoms with Crippen molar-refractivity contribution in [3.05, 3.63) is 34.5 Å². The molecule has 2 aromatic rings. The number of nitrogens with zero attached hydrogens (tertiary/aromatic N) is 1. The van der Waals surface area contributed by atoms with Gasteiger partial charge in [-0.15, -0.1) is 11.3 Å². The van der Waals surface area contributed by atoms with Gasteiger partial charge in [0, 0.05) is 17.6 Å². The summed E-state index contributed by atoms with van der Waals surface area (Å²) >= 11 is 1.38. The fourth-order valence-electron chi connectivity index (χ4n) is 1.18.